The maximum atomic E-state index is 12.8. The maximum Gasteiger partial charge on any atom is 0.262 e. The van der Waals surface area contributed by atoms with Crippen LogP contribution in [0, 0.1) is 5.92 Å². The van der Waals surface area contributed by atoms with Crippen LogP contribution in [0.1, 0.15) is 6.42 Å². The van der Waals surface area contributed by atoms with E-state index in [9.17, 15) is 18.0 Å². The number of nitrogens with zero attached hydrogens (tertiary/aromatic N) is 1. The van der Waals surface area contributed by atoms with E-state index in [-0.39, 0.29) is 23.1 Å². The van der Waals surface area contributed by atoms with Crippen molar-refractivity contribution in [3.63, 3.8) is 0 Å². The fourth-order valence-corrected chi connectivity index (χ4v) is 5.09. The number of nitrogens with one attached hydrogen (secondary N) is 2. The van der Waals surface area contributed by atoms with Crippen molar-refractivity contribution in [1.82, 2.24) is 0 Å². The second-order valence-electron chi connectivity index (χ2n) is 8.22. The molecule has 0 radical (unpaired) electrons. The van der Waals surface area contributed by atoms with Gasteiger partial charge < -0.3 is 19.7 Å². The van der Waals surface area contributed by atoms with Gasteiger partial charge in [-0.15, -0.1) is 0 Å². The molecule has 180 valence electrons. The zero-order chi connectivity index (χ0) is 24.4. The van der Waals surface area contributed by atoms with E-state index in [1.165, 1.54) is 12.1 Å². The van der Waals surface area contributed by atoms with Crippen LogP contribution in [0.15, 0.2) is 77.7 Å². The third kappa shape index (κ3) is 4.92. The normalized spacial score (nSPS) is 17.2. The van der Waals surface area contributed by atoms with Gasteiger partial charge in [-0.3, -0.25) is 14.3 Å². The Morgan fingerprint density at radius 3 is 2.31 bits per heavy atom. The molecule has 35 heavy (non-hydrogen) atoms. The molecule has 0 bridgehead atoms. The number of carbonyl (C=O) groups is 2. The van der Waals surface area contributed by atoms with Crippen molar-refractivity contribution in [2.75, 3.05) is 34.7 Å². The number of anilines is 3. The average Bonchev–Trinajstić information content (AvgIpc) is 3.27. The zero-order valence-corrected chi connectivity index (χ0v) is 19.5. The summed E-state index contributed by atoms with van der Waals surface area (Å²) >= 11 is 0. The van der Waals surface area contributed by atoms with Crippen molar-refractivity contribution in [1.29, 1.82) is 0 Å². The van der Waals surface area contributed by atoms with Crippen LogP contribution < -0.4 is 24.4 Å². The number of fused-ring (bicyclic) bond motifs is 1. The van der Waals surface area contributed by atoms with E-state index in [0.29, 0.717) is 42.6 Å². The zero-order valence-electron chi connectivity index (χ0n) is 18.6. The number of ether oxygens (including phenoxy) is 2. The minimum atomic E-state index is -3.85. The molecule has 0 saturated carbocycles. The molecule has 2 aliphatic heterocycles. The van der Waals surface area contributed by atoms with E-state index >= 15 is 0 Å². The van der Waals surface area contributed by atoms with Crippen molar-refractivity contribution in [3.8, 4) is 11.5 Å². The van der Waals surface area contributed by atoms with E-state index in [1.54, 1.807) is 35.2 Å². The Morgan fingerprint density at radius 2 is 1.57 bits per heavy atom. The van der Waals surface area contributed by atoms with E-state index in [1.807, 2.05) is 30.3 Å². The van der Waals surface area contributed by atoms with Crippen LogP contribution in [-0.4, -0.2) is 40.0 Å². The predicted octanol–water partition coefficient (Wildman–Crippen LogP) is 3.25. The highest BCUT2D eigenvalue weighted by atomic mass is 32.2. The summed E-state index contributed by atoms with van der Waals surface area (Å²) in [4.78, 5) is 26.8. The second kappa shape index (κ2) is 9.30. The van der Waals surface area contributed by atoms with Gasteiger partial charge in [-0.05, 0) is 48.5 Å². The molecule has 2 N–H and O–H groups in total. The summed E-state index contributed by atoms with van der Waals surface area (Å²) in [6.45, 7) is 1.08. The van der Waals surface area contributed by atoms with Gasteiger partial charge in [0.2, 0.25) is 11.8 Å². The molecule has 1 unspecified atom stereocenters. The van der Waals surface area contributed by atoms with Gasteiger partial charge in [0.15, 0.2) is 11.5 Å². The molecular weight excluding hydrogens is 470 g/mol. The van der Waals surface area contributed by atoms with Crippen LogP contribution in [0.4, 0.5) is 17.1 Å². The lowest BCUT2D eigenvalue weighted by atomic mass is 10.1. The van der Waals surface area contributed by atoms with Gasteiger partial charge in [0.25, 0.3) is 10.0 Å². The van der Waals surface area contributed by atoms with Crippen molar-refractivity contribution >= 4 is 38.9 Å². The van der Waals surface area contributed by atoms with E-state index < -0.39 is 15.9 Å². The maximum absolute atomic E-state index is 12.8. The molecule has 2 heterocycles. The summed E-state index contributed by atoms with van der Waals surface area (Å²) in [5.74, 6) is 0.0530. The van der Waals surface area contributed by atoms with Crippen LogP contribution in [0.3, 0.4) is 0 Å². The standard InChI is InChI=1S/C25H23N3O6S/c29-24-14-17(16-28(24)20-4-2-1-3-5-20)25(30)26-18-6-8-19(9-7-18)27-35(31,32)21-10-11-22-23(15-21)34-13-12-33-22/h1-11,15,17,27H,12-14,16H2,(H,26,30). The smallest absolute Gasteiger partial charge is 0.262 e. The second-order valence-corrected chi connectivity index (χ2v) is 9.90. The van der Waals surface area contributed by atoms with E-state index in [0.717, 1.165) is 5.69 Å². The predicted molar refractivity (Wildman–Crippen MR) is 130 cm³/mol. The summed E-state index contributed by atoms with van der Waals surface area (Å²) in [5.41, 5.74) is 1.61. The van der Waals surface area contributed by atoms with Gasteiger partial charge in [-0.25, -0.2) is 8.42 Å². The molecule has 10 heteroatoms. The summed E-state index contributed by atoms with van der Waals surface area (Å²) < 4.78 is 39.0. The van der Waals surface area contributed by atoms with Crippen molar-refractivity contribution in [2.24, 2.45) is 5.92 Å². The largest absolute Gasteiger partial charge is 0.486 e. The lowest BCUT2D eigenvalue weighted by Gasteiger charge is -2.19. The minimum absolute atomic E-state index is 0.0491. The molecule has 2 amide bonds. The van der Waals surface area contributed by atoms with Crippen molar-refractivity contribution in [2.45, 2.75) is 11.3 Å². The van der Waals surface area contributed by atoms with Crippen molar-refractivity contribution < 1.29 is 27.5 Å². The Hall–Kier alpha value is -4.05. The first-order valence-electron chi connectivity index (χ1n) is 11.1. The van der Waals surface area contributed by atoms with Gasteiger partial charge in [0, 0.05) is 36.1 Å². The average molecular weight is 494 g/mol. The van der Waals surface area contributed by atoms with Gasteiger partial charge >= 0.3 is 0 Å². The van der Waals surface area contributed by atoms with Gasteiger partial charge in [0.05, 0.1) is 10.8 Å². The first kappa shape index (κ1) is 22.7. The lowest BCUT2D eigenvalue weighted by Crippen LogP contribution is -2.28. The Kier molecular flexibility index (Phi) is 6.04. The monoisotopic (exact) mass is 493 g/mol. The number of benzene rings is 3. The number of amides is 2. The lowest BCUT2D eigenvalue weighted by molar-refractivity contribution is -0.122. The molecule has 0 spiro atoms. The molecule has 2 aliphatic rings. The van der Waals surface area contributed by atoms with E-state index in [2.05, 4.69) is 10.0 Å². The fourth-order valence-electron chi connectivity index (χ4n) is 4.01. The van der Waals surface area contributed by atoms with Crippen LogP contribution in [-0.2, 0) is 19.6 Å². The summed E-state index contributed by atoms with van der Waals surface area (Å²) in [5, 5.41) is 2.81. The summed E-state index contributed by atoms with van der Waals surface area (Å²) in [6.07, 6.45) is 0.133. The number of carbonyl (C=O) groups excluding carboxylic acids is 2. The van der Waals surface area contributed by atoms with Crippen LogP contribution in [0.2, 0.25) is 0 Å². The molecule has 5 rings (SSSR count). The van der Waals surface area contributed by atoms with E-state index in [4.69, 9.17) is 9.47 Å². The Labute approximate surface area is 202 Å². The third-order valence-electron chi connectivity index (χ3n) is 5.79. The van der Waals surface area contributed by atoms with Crippen LogP contribution in [0.5, 0.6) is 11.5 Å². The molecule has 0 aliphatic carbocycles. The molecule has 3 aromatic rings. The quantitative estimate of drug-likeness (QED) is 0.545. The fraction of sp³-hybridized carbons (Fsp3) is 0.200. The first-order chi connectivity index (χ1) is 16.9. The topological polar surface area (TPSA) is 114 Å². The SMILES string of the molecule is O=C(Nc1ccc(NS(=O)(=O)c2ccc3c(c2)OCCO3)cc1)C1CC(=O)N(c2ccccc2)C1. The summed E-state index contributed by atoms with van der Waals surface area (Å²) in [6, 6.07) is 20.0. The third-order valence-corrected chi connectivity index (χ3v) is 7.17. The van der Waals surface area contributed by atoms with Gasteiger partial charge in [-0.1, -0.05) is 18.2 Å². The van der Waals surface area contributed by atoms with Crippen molar-refractivity contribution in [3.05, 3.63) is 72.8 Å². The minimum Gasteiger partial charge on any atom is -0.486 e. The Bertz CT molecular complexity index is 1360. The number of hydrogen-bond donors (Lipinski definition) is 2. The molecule has 1 fully saturated rings. The number of para-hydroxylation sites is 1. The molecule has 1 atom stereocenters. The highest BCUT2D eigenvalue weighted by Gasteiger charge is 2.35. The molecule has 9 nitrogen and oxygen atoms in total. The van der Waals surface area contributed by atoms with Gasteiger partial charge in [-0.2, -0.15) is 0 Å². The van der Waals surface area contributed by atoms with Crippen LogP contribution >= 0.6 is 0 Å². The Morgan fingerprint density at radius 1 is 0.886 bits per heavy atom. The molecule has 3 aromatic carbocycles. The molecule has 1 saturated heterocycles. The highest BCUT2D eigenvalue weighted by molar-refractivity contribution is 7.92. The number of rotatable bonds is 6. The Balaban J connectivity index is 1.21. The molecule has 0 aromatic heterocycles. The highest BCUT2D eigenvalue weighted by Crippen LogP contribution is 2.33. The summed E-state index contributed by atoms with van der Waals surface area (Å²) in [7, 11) is -3.85. The number of hydrogen-bond acceptors (Lipinski definition) is 6. The van der Waals surface area contributed by atoms with Gasteiger partial charge in [0.1, 0.15) is 13.2 Å². The van der Waals surface area contributed by atoms with Crippen LogP contribution in [0.25, 0.3) is 0 Å². The number of sulfonamides is 1. The molecular formula is C25H23N3O6S. The first-order valence-corrected chi connectivity index (χ1v) is 12.6.